The van der Waals surface area contributed by atoms with Gasteiger partial charge in [0.25, 0.3) is 11.6 Å². The smallest absolute Gasteiger partial charge is 0.270 e. The van der Waals surface area contributed by atoms with Gasteiger partial charge in [-0.1, -0.05) is 11.6 Å². The second-order valence-electron chi connectivity index (χ2n) is 5.78. The quantitative estimate of drug-likeness (QED) is 0.202. The highest BCUT2D eigenvalue weighted by atomic mass is 127. The number of furan rings is 1. The monoisotopic (exact) mass is 524 g/mol. The third-order valence-electron chi connectivity index (χ3n) is 3.73. The lowest BCUT2D eigenvalue weighted by Gasteiger charge is -2.04. The SMILES string of the molecule is O=C(CNc1ccc(I)cc1)N/N=C/c1ccc(-c2ccc([N+](=O)[O-])cc2Cl)o1. The molecule has 1 amide bonds. The third-order valence-corrected chi connectivity index (χ3v) is 4.77. The summed E-state index contributed by atoms with van der Waals surface area (Å²) in [5.41, 5.74) is 3.65. The highest BCUT2D eigenvalue weighted by molar-refractivity contribution is 14.1. The highest BCUT2D eigenvalue weighted by Gasteiger charge is 2.13. The molecule has 0 saturated carbocycles. The number of nitro benzene ring substituents is 1. The topological polar surface area (TPSA) is 110 Å². The largest absolute Gasteiger partial charge is 0.455 e. The van der Waals surface area contributed by atoms with Gasteiger partial charge in [0.05, 0.1) is 22.7 Å². The normalized spacial score (nSPS) is 10.8. The summed E-state index contributed by atoms with van der Waals surface area (Å²) in [6.07, 6.45) is 1.35. The number of hydrogen-bond donors (Lipinski definition) is 2. The average molecular weight is 525 g/mol. The van der Waals surface area contributed by atoms with E-state index in [-0.39, 0.29) is 23.2 Å². The van der Waals surface area contributed by atoms with E-state index >= 15 is 0 Å². The van der Waals surface area contributed by atoms with Crippen LogP contribution in [0.1, 0.15) is 5.76 Å². The van der Waals surface area contributed by atoms with Gasteiger partial charge in [-0.05, 0) is 65.1 Å². The molecule has 0 fully saturated rings. The lowest BCUT2D eigenvalue weighted by molar-refractivity contribution is -0.384. The maximum atomic E-state index is 11.8. The molecule has 2 aromatic carbocycles. The molecule has 8 nitrogen and oxygen atoms in total. The molecule has 0 atom stereocenters. The van der Waals surface area contributed by atoms with Crippen molar-refractivity contribution in [1.29, 1.82) is 0 Å². The van der Waals surface area contributed by atoms with Crippen molar-refractivity contribution in [2.75, 3.05) is 11.9 Å². The number of halogens is 2. The predicted octanol–water partition coefficient (Wildman–Crippen LogP) is 4.68. The van der Waals surface area contributed by atoms with Crippen LogP contribution in [0.2, 0.25) is 5.02 Å². The maximum absolute atomic E-state index is 11.8. The summed E-state index contributed by atoms with van der Waals surface area (Å²) in [6.45, 7) is 0.0692. The van der Waals surface area contributed by atoms with E-state index in [0.717, 1.165) is 9.26 Å². The number of hydrogen-bond acceptors (Lipinski definition) is 6. The summed E-state index contributed by atoms with van der Waals surface area (Å²) in [5.74, 6) is 0.503. The number of carbonyl (C=O) groups is 1. The Kier molecular flexibility index (Phi) is 6.83. The summed E-state index contributed by atoms with van der Waals surface area (Å²) in [5, 5.41) is 17.8. The van der Waals surface area contributed by atoms with Gasteiger partial charge in [-0.2, -0.15) is 5.10 Å². The Morgan fingerprint density at radius 3 is 2.66 bits per heavy atom. The number of non-ortho nitro benzene ring substituents is 1. The van der Waals surface area contributed by atoms with Crippen LogP contribution in [0.3, 0.4) is 0 Å². The lowest BCUT2D eigenvalue weighted by atomic mass is 10.1. The van der Waals surface area contributed by atoms with Crippen LogP contribution in [-0.4, -0.2) is 23.6 Å². The van der Waals surface area contributed by atoms with Crippen LogP contribution in [-0.2, 0) is 4.79 Å². The zero-order valence-corrected chi connectivity index (χ0v) is 17.7. The fraction of sp³-hybridized carbons (Fsp3) is 0.0526. The molecule has 0 aliphatic carbocycles. The Balaban J connectivity index is 1.55. The van der Waals surface area contributed by atoms with E-state index in [2.05, 4.69) is 38.4 Å². The first-order valence-electron chi connectivity index (χ1n) is 8.28. The minimum Gasteiger partial charge on any atom is -0.455 e. The van der Waals surface area contributed by atoms with Gasteiger partial charge >= 0.3 is 0 Å². The van der Waals surface area contributed by atoms with Crippen LogP contribution in [0.15, 0.2) is 64.1 Å². The van der Waals surface area contributed by atoms with Gasteiger partial charge in [0.2, 0.25) is 0 Å². The number of nitrogens with zero attached hydrogens (tertiary/aromatic N) is 2. The van der Waals surface area contributed by atoms with E-state index in [0.29, 0.717) is 17.1 Å². The molecule has 3 aromatic rings. The van der Waals surface area contributed by atoms with Gasteiger partial charge in [0.1, 0.15) is 11.5 Å². The van der Waals surface area contributed by atoms with Crippen LogP contribution < -0.4 is 10.7 Å². The number of anilines is 1. The van der Waals surface area contributed by atoms with Crippen molar-refractivity contribution in [1.82, 2.24) is 5.43 Å². The van der Waals surface area contributed by atoms with Crippen molar-refractivity contribution in [3.63, 3.8) is 0 Å². The Morgan fingerprint density at radius 1 is 1.21 bits per heavy atom. The van der Waals surface area contributed by atoms with Crippen molar-refractivity contribution < 1.29 is 14.1 Å². The molecule has 3 rings (SSSR count). The van der Waals surface area contributed by atoms with Crippen molar-refractivity contribution in [2.24, 2.45) is 5.10 Å². The molecule has 0 radical (unpaired) electrons. The molecule has 10 heteroatoms. The van der Waals surface area contributed by atoms with Crippen LogP contribution in [0, 0.1) is 13.7 Å². The molecule has 0 unspecified atom stereocenters. The van der Waals surface area contributed by atoms with Crippen molar-refractivity contribution >= 4 is 57.7 Å². The van der Waals surface area contributed by atoms with Gasteiger partial charge in [-0.3, -0.25) is 14.9 Å². The first kappa shape index (κ1) is 20.8. The summed E-state index contributed by atoms with van der Waals surface area (Å²) in [7, 11) is 0. The van der Waals surface area contributed by atoms with Crippen LogP contribution >= 0.6 is 34.2 Å². The molecule has 0 bridgehead atoms. The van der Waals surface area contributed by atoms with Gasteiger partial charge in [-0.15, -0.1) is 0 Å². The fourth-order valence-corrected chi connectivity index (χ4v) is 2.97. The minimum absolute atomic E-state index is 0.0692. The predicted molar refractivity (Wildman–Crippen MR) is 119 cm³/mol. The molecule has 0 saturated heterocycles. The highest BCUT2D eigenvalue weighted by Crippen LogP contribution is 2.32. The zero-order chi connectivity index (χ0) is 20.8. The number of rotatable bonds is 7. The van der Waals surface area contributed by atoms with Crippen LogP contribution in [0.25, 0.3) is 11.3 Å². The standard InChI is InChI=1S/C19H14ClIN4O4/c20-17-9-14(25(27)28)5-7-16(17)18-8-6-15(29-18)10-23-24-19(26)11-22-13-3-1-12(21)2-4-13/h1-10,22H,11H2,(H,24,26)/b23-10+. The lowest BCUT2D eigenvalue weighted by Crippen LogP contribution is -2.25. The van der Waals surface area contributed by atoms with Crippen LogP contribution in [0.4, 0.5) is 11.4 Å². The van der Waals surface area contributed by atoms with E-state index < -0.39 is 4.92 Å². The van der Waals surface area contributed by atoms with Crippen LogP contribution in [0.5, 0.6) is 0 Å². The van der Waals surface area contributed by atoms with Gasteiger partial charge in [-0.25, -0.2) is 5.43 Å². The molecule has 1 aromatic heterocycles. The first-order valence-corrected chi connectivity index (χ1v) is 9.73. The molecular formula is C19H14ClIN4O4. The molecule has 0 aliphatic rings. The number of nitrogens with one attached hydrogen (secondary N) is 2. The number of nitro groups is 1. The average Bonchev–Trinajstić information content (AvgIpc) is 3.16. The molecule has 2 N–H and O–H groups in total. The number of carbonyl (C=O) groups excluding carboxylic acids is 1. The molecule has 148 valence electrons. The van der Waals surface area contributed by atoms with E-state index in [1.807, 2.05) is 24.3 Å². The Bertz CT molecular complexity index is 1070. The second kappa shape index (κ2) is 9.52. The first-order chi connectivity index (χ1) is 13.9. The molecule has 0 spiro atoms. The van der Waals surface area contributed by atoms with Gasteiger partial charge in [0.15, 0.2) is 0 Å². The summed E-state index contributed by atoms with van der Waals surface area (Å²) in [6, 6.07) is 15.1. The number of amides is 1. The second-order valence-corrected chi connectivity index (χ2v) is 7.43. The molecule has 1 heterocycles. The van der Waals surface area contributed by atoms with Crippen molar-refractivity contribution in [3.8, 4) is 11.3 Å². The molecular weight excluding hydrogens is 511 g/mol. The number of hydrazone groups is 1. The van der Waals surface area contributed by atoms with E-state index in [1.54, 1.807) is 12.1 Å². The van der Waals surface area contributed by atoms with Gasteiger partial charge in [0, 0.05) is 27.0 Å². The van der Waals surface area contributed by atoms with E-state index in [4.69, 9.17) is 16.0 Å². The Labute approximate surface area is 184 Å². The maximum Gasteiger partial charge on any atom is 0.270 e. The Morgan fingerprint density at radius 2 is 1.97 bits per heavy atom. The van der Waals surface area contributed by atoms with Gasteiger partial charge < -0.3 is 9.73 Å². The minimum atomic E-state index is -0.522. The van der Waals surface area contributed by atoms with E-state index in [1.165, 1.54) is 24.4 Å². The summed E-state index contributed by atoms with van der Waals surface area (Å²) < 4.78 is 6.71. The van der Waals surface area contributed by atoms with Crippen molar-refractivity contribution in [3.05, 3.63) is 79.1 Å². The zero-order valence-electron chi connectivity index (χ0n) is 14.8. The summed E-state index contributed by atoms with van der Waals surface area (Å²) >= 11 is 8.30. The molecule has 0 aliphatic heterocycles. The fourth-order valence-electron chi connectivity index (χ4n) is 2.34. The number of benzene rings is 2. The van der Waals surface area contributed by atoms with E-state index in [9.17, 15) is 14.9 Å². The van der Waals surface area contributed by atoms with Crippen molar-refractivity contribution in [2.45, 2.75) is 0 Å². The molecule has 29 heavy (non-hydrogen) atoms. The Hall–Kier alpha value is -2.92. The summed E-state index contributed by atoms with van der Waals surface area (Å²) in [4.78, 5) is 22.1. The third kappa shape index (κ3) is 5.78.